The van der Waals surface area contributed by atoms with Crippen LogP contribution in [0.4, 0.5) is 24.5 Å². The number of esters is 1. The fourth-order valence-electron chi connectivity index (χ4n) is 5.69. The maximum atomic E-state index is 13.1. The molecule has 0 fully saturated rings. The lowest BCUT2D eigenvalue weighted by Gasteiger charge is -2.13. The highest BCUT2D eigenvalue weighted by atomic mass is 19.4. The number of alkyl halides is 3. The molecular formula is C46H66F3NO11. The number of carbonyl (C=O) groups excluding carboxylic acids is 1. The smallest absolute Gasteiger partial charge is 0.416 e. The van der Waals surface area contributed by atoms with Crippen LogP contribution in [0, 0.1) is 0 Å². The van der Waals surface area contributed by atoms with E-state index in [0.29, 0.717) is 111 Å². The van der Waals surface area contributed by atoms with Crippen LogP contribution < -0.4 is 10.1 Å². The number of benzene rings is 3. The molecule has 342 valence electrons. The molecule has 0 aromatic heterocycles. The second-order valence-electron chi connectivity index (χ2n) is 13.8. The number of rotatable bonds is 38. The summed E-state index contributed by atoms with van der Waals surface area (Å²) < 4.78 is 94.3. The molecule has 15 heteroatoms. The predicted octanol–water partition coefficient (Wildman–Crippen LogP) is 8.72. The summed E-state index contributed by atoms with van der Waals surface area (Å²) in [6.45, 7) is 9.55. The molecule has 3 aromatic carbocycles. The van der Waals surface area contributed by atoms with Gasteiger partial charge < -0.3 is 52.7 Å². The van der Waals surface area contributed by atoms with Gasteiger partial charge >= 0.3 is 12.1 Å². The number of aryl methyl sites for hydroxylation is 1. The highest BCUT2D eigenvalue weighted by Crippen LogP contribution is 2.32. The van der Waals surface area contributed by atoms with Gasteiger partial charge in [0, 0.05) is 5.69 Å². The number of nitrogens with one attached hydrogen (secondary N) is 1. The van der Waals surface area contributed by atoms with Crippen molar-refractivity contribution in [3.63, 3.8) is 0 Å². The molecule has 0 spiro atoms. The van der Waals surface area contributed by atoms with Crippen LogP contribution in [0.2, 0.25) is 0 Å². The third-order valence-corrected chi connectivity index (χ3v) is 8.92. The van der Waals surface area contributed by atoms with Gasteiger partial charge in [-0.25, -0.2) is 4.79 Å². The zero-order valence-electron chi connectivity index (χ0n) is 35.7. The topological polar surface area (TPSA) is 121 Å². The molecule has 0 heterocycles. The van der Waals surface area contributed by atoms with Gasteiger partial charge in [-0.15, -0.1) is 0 Å². The van der Waals surface area contributed by atoms with Crippen LogP contribution in [0.1, 0.15) is 66.9 Å². The largest absolute Gasteiger partial charge is 0.491 e. The molecule has 0 saturated heterocycles. The Morgan fingerprint density at radius 1 is 0.525 bits per heavy atom. The number of ether oxygens (including phenoxy) is 10. The van der Waals surface area contributed by atoms with E-state index in [4.69, 9.17) is 47.4 Å². The normalized spacial score (nSPS) is 11.5. The highest BCUT2D eigenvalue weighted by Gasteiger charge is 2.30. The lowest BCUT2D eigenvalue weighted by molar-refractivity contribution is -0.137. The lowest BCUT2D eigenvalue weighted by atomic mass is 10.0. The van der Waals surface area contributed by atoms with E-state index in [-0.39, 0.29) is 24.5 Å². The molecular weight excluding hydrogens is 799 g/mol. The van der Waals surface area contributed by atoms with Gasteiger partial charge in [-0.3, -0.25) is 0 Å². The van der Waals surface area contributed by atoms with E-state index >= 15 is 0 Å². The standard InChI is InChI=1S/C46H66F3NO11/c1-2-3-4-5-6-7-11-39-16-18-42(19-17-39)60-36-34-58-32-30-56-28-26-54-24-22-52-20-21-53-23-25-55-27-29-57-31-33-59-35-37-61-45(51)43-14-8-9-15-44(43)50-41-13-10-12-40(38-41)46(47,48)49/h8-10,12-19,38,50H,2-7,11,20-37H2,1H3. The molecule has 3 aromatic rings. The fourth-order valence-corrected chi connectivity index (χ4v) is 5.69. The molecule has 0 atom stereocenters. The van der Waals surface area contributed by atoms with E-state index in [9.17, 15) is 18.0 Å². The summed E-state index contributed by atoms with van der Waals surface area (Å²) in [7, 11) is 0. The molecule has 12 nitrogen and oxygen atoms in total. The van der Waals surface area contributed by atoms with E-state index in [1.807, 2.05) is 12.1 Å². The van der Waals surface area contributed by atoms with Crippen LogP contribution in [0.5, 0.6) is 5.75 Å². The van der Waals surface area contributed by atoms with Crippen molar-refractivity contribution in [1.29, 1.82) is 0 Å². The number of anilines is 2. The molecule has 0 aliphatic heterocycles. The summed E-state index contributed by atoms with van der Waals surface area (Å²) in [4.78, 5) is 12.6. The van der Waals surface area contributed by atoms with Crippen molar-refractivity contribution >= 4 is 17.3 Å². The number of carbonyl (C=O) groups is 1. The first-order chi connectivity index (χ1) is 29.9. The van der Waals surface area contributed by atoms with Crippen molar-refractivity contribution in [3.05, 3.63) is 89.5 Å². The minimum atomic E-state index is -4.48. The monoisotopic (exact) mass is 865 g/mol. The third-order valence-electron chi connectivity index (χ3n) is 8.92. The molecule has 0 saturated carbocycles. The van der Waals surface area contributed by atoms with Crippen LogP contribution in [0.15, 0.2) is 72.8 Å². The Hall–Kier alpha value is -3.80. The quantitative estimate of drug-likeness (QED) is 0.0438. The van der Waals surface area contributed by atoms with Gasteiger partial charge in [0.1, 0.15) is 19.0 Å². The molecule has 0 aliphatic carbocycles. The minimum absolute atomic E-state index is 0.00121. The van der Waals surface area contributed by atoms with Gasteiger partial charge in [-0.05, 0) is 60.9 Å². The summed E-state index contributed by atoms with van der Waals surface area (Å²) in [6, 6.07) is 19.5. The van der Waals surface area contributed by atoms with E-state index in [2.05, 4.69) is 24.4 Å². The van der Waals surface area contributed by atoms with E-state index in [1.165, 1.54) is 62.3 Å². The fraction of sp³-hybridized carbons (Fsp3) is 0.587. The zero-order valence-corrected chi connectivity index (χ0v) is 35.7. The van der Waals surface area contributed by atoms with Crippen LogP contribution in [0.3, 0.4) is 0 Å². The molecule has 1 N–H and O–H groups in total. The minimum Gasteiger partial charge on any atom is -0.491 e. The van der Waals surface area contributed by atoms with Crippen LogP contribution in [-0.4, -0.2) is 125 Å². The Kier molecular flexibility index (Phi) is 28.5. The SMILES string of the molecule is CCCCCCCCc1ccc(OCCOCCOCCOCCOCCOCCOCCOCCOCCOC(=O)c2ccccc2Nc2cccc(C(F)(F)F)c2)cc1. The zero-order chi connectivity index (χ0) is 43.5. The molecule has 0 bridgehead atoms. The molecule has 3 rings (SSSR count). The maximum absolute atomic E-state index is 13.1. The Balaban J connectivity index is 0.998. The van der Waals surface area contributed by atoms with Crippen molar-refractivity contribution in [3.8, 4) is 5.75 Å². The average Bonchev–Trinajstić information content (AvgIpc) is 3.26. The third kappa shape index (κ3) is 25.7. The summed E-state index contributed by atoms with van der Waals surface area (Å²) >= 11 is 0. The number of halogens is 3. The van der Waals surface area contributed by atoms with Gasteiger partial charge in [0.2, 0.25) is 0 Å². The number of unbranched alkanes of at least 4 members (excludes halogenated alkanes) is 5. The predicted molar refractivity (Wildman–Crippen MR) is 227 cm³/mol. The van der Waals surface area contributed by atoms with Crippen molar-refractivity contribution in [1.82, 2.24) is 0 Å². The van der Waals surface area contributed by atoms with Gasteiger partial charge in [0.15, 0.2) is 0 Å². The van der Waals surface area contributed by atoms with Crippen molar-refractivity contribution in [2.24, 2.45) is 0 Å². The summed E-state index contributed by atoms with van der Waals surface area (Å²) in [5, 5.41) is 2.86. The Morgan fingerprint density at radius 3 is 1.52 bits per heavy atom. The summed E-state index contributed by atoms with van der Waals surface area (Å²) in [6.07, 6.45) is 4.51. The summed E-state index contributed by atoms with van der Waals surface area (Å²) in [5.74, 6) is 0.240. The summed E-state index contributed by atoms with van der Waals surface area (Å²) in [5.41, 5.74) is 1.28. The number of hydrogen-bond acceptors (Lipinski definition) is 12. The molecule has 0 amide bonds. The van der Waals surface area contributed by atoms with E-state index in [0.717, 1.165) is 24.3 Å². The Labute approximate surface area is 359 Å². The number of para-hydroxylation sites is 1. The van der Waals surface area contributed by atoms with Crippen LogP contribution in [0.25, 0.3) is 0 Å². The Morgan fingerprint density at radius 2 is 1.00 bits per heavy atom. The van der Waals surface area contributed by atoms with Crippen LogP contribution in [-0.2, 0) is 55.2 Å². The lowest BCUT2D eigenvalue weighted by Crippen LogP contribution is -2.16. The second-order valence-corrected chi connectivity index (χ2v) is 13.8. The number of hydrogen-bond donors (Lipinski definition) is 1. The molecule has 0 unspecified atom stereocenters. The van der Waals surface area contributed by atoms with Crippen molar-refractivity contribution in [2.75, 3.05) is 124 Å². The van der Waals surface area contributed by atoms with E-state index < -0.39 is 17.7 Å². The van der Waals surface area contributed by atoms with Crippen molar-refractivity contribution in [2.45, 2.75) is 58.0 Å². The molecule has 0 aliphatic rings. The van der Waals surface area contributed by atoms with E-state index in [1.54, 1.807) is 18.2 Å². The molecule has 0 radical (unpaired) electrons. The second kappa shape index (κ2) is 33.8. The van der Waals surface area contributed by atoms with Gasteiger partial charge in [0.05, 0.1) is 123 Å². The van der Waals surface area contributed by atoms with Crippen molar-refractivity contribution < 1.29 is 65.3 Å². The first kappa shape index (κ1) is 51.5. The highest BCUT2D eigenvalue weighted by molar-refractivity contribution is 5.96. The van der Waals surface area contributed by atoms with Gasteiger partial charge in [-0.1, -0.05) is 69.4 Å². The first-order valence-corrected chi connectivity index (χ1v) is 21.4. The van der Waals surface area contributed by atoms with Gasteiger partial charge in [0.25, 0.3) is 0 Å². The Bertz CT molecular complexity index is 1530. The van der Waals surface area contributed by atoms with Crippen LogP contribution >= 0.6 is 0 Å². The van der Waals surface area contributed by atoms with Gasteiger partial charge in [-0.2, -0.15) is 13.2 Å². The molecule has 61 heavy (non-hydrogen) atoms. The first-order valence-electron chi connectivity index (χ1n) is 21.4. The maximum Gasteiger partial charge on any atom is 0.416 e. The average molecular weight is 866 g/mol.